The quantitative estimate of drug-likeness (QED) is 0.650. The largest absolute Gasteiger partial charge is 0.370 e. The Bertz CT molecular complexity index is 400. The Hall–Kier alpha value is -1.90. The highest BCUT2D eigenvalue weighted by Gasteiger charge is 2.08. The number of carbonyl (C=O) groups excluding carboxylic acids is 1. The molecule has 18 heavy (non-hydrogen) atoms. The van der Waals surface area contributed by atoms with E-state index in [4.69, 9.17) is 15.7 Å². The number of amides is 1. The molecule has 1 aromatic rings. The molecule has 0 aliphatic rings. The smallest absolute Gasteiger partial charge is 0.243 e. The molecule has 3 N–H and O–H groups in total. The van der Waals surface area contributed by atoms with Gasteiger partial charge < -0.3 is 15.8 Å². The number of nitrogens with one attached hydrogen (secondary N) is 1. The summed E-state index contributed by atoms with van der Waals surface area (Å²) in [6.07, 6.45) is 0. The van der Waals surface area contributed by atoms with E-state index in [1.807, 2.05) is 30.3 Å². The van der Waals surface area contributed by atoms with Crippen LogP contribution in [0, 0.1) is 11.3 Å². The van der Waals surface area contributed by atoms with Crippen molar-refractivity contribution in [3.8, 4) is 6.07 Å². The first kappa shape index (κ1) is 14.2. The van der Waals surface area contributed by atoms with E-state index < -0.39 is 5.91 Å². The number of nitrogens with zero attached hydrogens (tertiary/aromatic N) is 1. The topological polar surface area (TPSA) is 88.1 Å². The maximum atomic E-state index is 10.4. The predicted octanol–water partition coefficient (Wildman–Crippen LogP) is 0.385. The summed E-state index contributed by atoms with van der Waals surface area (Å²) in [5, 5.41) is 12.2. The van der Waals surface area contributed by atoms with Gasteiger partial charge in [0.1, 0.15) is 6.61 Å². The fourth-order valence-corrected chi connectivity index (χ4v) is 1.49. The molecule has 0 saturated carbocycles. The molecule has 5 nitrogen and oxygen atoms in total. The Balaban J connectivity index is 2.21. The van der Waals surface area contributed by atoms with Gasteiger partial charge in [0, 0.05) is 13.1 Å². The molecule has 0 heterocycles. The van der Waals surface area contributed by atoms with Crippen molar-refractivity contribution in [1.82, 2.24) is 5.32 Å². The van der Waals surface area contributed by atoms with Crippen molar-refractivity contribution in [2.45, 2.75) is 5.92 Å². The third-order valence-corrected chi connectivity index (χ3v) is 2.37. The number of benzene rings is 1. The number of primary amides is 1. The molecule has 0 aliphatic carbocycles. The third kappa shape index (κ3) is 5.43. The maximum absolute atomic E-state index is 10.4. The van der Waals surface area contributed by atoms with Crippen LogP contribution in [-0.4, -0.2) is 32.2 Å². The number of rotatable bonds is 8. The van der Waals surface area contributed by atoms with E-state index in [-0.39, 0.29) is 12.5 Å². The van der Waals surface area contributed by atoms with Crippen LogP contribution < -0.4 is 11.1 Å². The van der Waals surface area contributed by atoms with Crippen LogP contribution in [0.1, 0.15) is 11.5 Å². The average Bonchev–Trinajstić information content (AvgIpc) is 2.38. The van der Waals surface area contributed by atoms with Crippen LogP contribution in [0.4, 0.5) is 0 Å². The minimum Gasteiger partial charge on any atom is -0.370 e. The molecule has 5 heteroatoms. The average molecular weight is 247 g/mol. The molecule has 0 radical (unpaired) electrons. The Morgan fingerprint density at radius 2 is 2.17 bits per heavy atom. The molecular weight excluding hydrogens is 230 g/mol. The van der Waals surface area contributed by atoms with E-state index in [0.717, 1.165) is 5.56 Å². The van der Waals surface area contributed by atoms with Crippen molar-refractivity contribution in [3.05, 3.63) is 35.9 Å². The minimum atomic E-state index is -0.478. The molecule has 0 aliphatic heterocycles. The summed E-state index contributed by atoms with van der Waals surface area (Å²) in [6.45, 7) is 1.47. The van der Waals surface area contributed by atoms with Gasteiger partial charge in [0.2, 0.25) is 5.91 Å². The summed E-state index contributed by atoms with van der Waals surface area (Å²) < 4.78 is 5.00. The van der Waals surface area contributed by atoms with Crippen molar-refractivity contribution in [1.29, 1.82) is 5.26 Å². The van der Waals surface area contributed by atoms with E-state index in [9.17, 15) is 4.79 Å². The molecule has 1 amide bonds. The van der Waals surface area contributed by atoms with Gasteiger partial charge in [-0.05, 0) is 5.56 Å². The van der Waals surface area contributed by atoms with E-state index in [0.29, 0.717) is 19.7 Å². The summed E-state index contributed by atoms with van der Waals surface area (Å²) in [7, 11) is 0. The molecule has 0 aromatic heterocycles. The first-order valence-electron chi connectivity index (χ1n) is 5.75. The fraction of sp³-hybridized carbons (Fsp3) is 0.385. The zero-order valence-electron chi connectivity index (χ0n) is 10.1. The van der Waals surface area contributed by atoms with Gasteiger partial charge in [0.15, 0.2) is 0 Å². The lowest BCUT2D eigenvalue weighted by Gasteiger charge is -2.10. The normalized spacial score (nSPS) is 11.7. The number of nitrogens with two attached hydrogens (primary N) is 1. The second-order valence-electron chi connectivity index (χ2n) is 3.82. The monoisotopic (exact) mass is 247 g/mol. The van der Waals surface area contributed by atoms with E-state index >= 15 is 0 Å². The van der Waals surface area contributed by atoms with Gasteiger partial charge in [-0.3, -0.25) is 4.79 Å². The third-order valence-electron chi connectivity index (χ3n) is 2.37. The molecule has 1 aromatic carbocycles. The molecule has 1 unspecified atom stereocenters. The lowest BCUT2D eigenvalue weighted by Crippen LogP contribution is -2.27. The Labute approximate surface area is 107 Å². The van der Waals surface area contributed by atoms with Gasteiger partial charge in [0.05, 0.1) is 18.6 Å². The van der Waals surface area contributed by atoms with Crippen molar-refractivity contribution in [2.75, 3.05) is 26.3 Å². The van der Waals surface area contributed by atoms with Crippen LogP contribution in [0.25, 0.3) is 0 Å². The zero-order chi connectivity index (χ0) is 13.2. The molecule has 0 spiro atoms. The lowest BCUT2D eigenvalue weighted by molar-refractivity contribution is -0.122. The Kier molecular flexibility index (Phi) is 6.47. The van der Waals surface area contributed by atoms with Crippen molar-refractivity contribution in [2.24, 2.45) is 5.73 Å². The number of ether oxygens (including phenoxy) is 1. The van der Waals surface area contributed by atoms with Gasteiger partial charge in [-0.15, -0.1) is 0 Å². The van der Waals surface area contributed by atoms with Crippen LogP contribution in [0.5, 0.6) is 0 Å². The second kappa shape index (κ2) is 8.23. The highest BCUT2D eigenvalue weighted by Crippen LogP contribution is 2.12. The predicted molar refractivity (Wildman–Crippen MR) is 67.7 cm³/mol. The minimum absolute atomic E-state index is 0.0674. The SMILES string of the molecule is N#CC(CNCCOCC(N)=O)c1ccccc1. The molecular formula is C13H17N3O2. The Morgan fingerprint density at radius 3 is 2.78 bits per heavy atom. The number of carbonyl (C=O) groups is 1. The van der Waals surface area contributed by atoms with Crippen molar-refractivity contribution < 1.29 is 9.53 Å². The molecule has 1 atom stereocenters. The first-order chi connectivity index (χ1) is 8.74. The number of hydrogen-bond acceptors (Lipinski definition) is 4. The summed E-state index contributed by atoms with van der Waals surface area (Å²) in [5.41, 5.74) is 5.92. The lowest BCUT2D eigenvalue weighted by atomic mass is 10.0. The van der Waals surface area contributed by atoms with Crippen LogP contribution in [0.3, 0.4) is 0 Å². The number of nitriles is 1. The molecule has 0 saturated heterocycles. The highest BCUT2D eigenvalue weighted by molar-refractivity contribution is 5.74. The van der Waals surface area contributed by atoms with Crippen molar-refractivity contribution >= 4 is 5.91 Å². The van der Waals surface area contributed by atoms with Crippen LogP contribution >= 0.6 is 0 Å². The van der Waals surface area contributed by atoms with Crippen LogP contribution in [0.15, 0.2) is 30.3 Å². The summed E-state index contributed by atoms with van der Waals surface area (Å²) in [5.74, 6) is -0.656. The van der Waals surface area contributed by atoms with E-state index in [1.54, 1.807) is 0 Å². The summed E-state index contributed by atoms with van der Waals surface area (Å²) >= 11 is 0. The van der Waals surface area contributed by atoms with Gasteiger partial charge in [-0.25, -0.2) is 0 Å². The molecule has 96 valence electrons. The van der Waals surface area contributed by atoms with Gasteiger partial charge >= 0.3 is 0 Å². The highest BCUT2D eigenvalue weighted by atomic mass is 16.5. The molecule has 1 rings (SSSR count). The maximum Gasteiger partial charge on any atom is 0.243 e. The van der Waals surface area contributed by atoms with E-state index in [1.165, 1.54) is 0 Å². The second-order valence-corrected chi connectivity index (χ2v) is 3.82. The molecule has 0 bridgehead atoms. The summed E-state index contributed by atoms with van der Waals surface area (Å²) in [6, 6.07) is 11.9. The standard InChI is InChI=1S/C13H17N3O2/c14-8-12(11-4-2-1-3-5-11)9-16-6-7-18-10-13(15)17/h1-5,12,16H,6-7,9-10H2,(H2,15,17). The van der Waals surface area contributed by atoms with Crippen LogP contribution in [-0.2, 0) is 9.53 Å². The van der Waals surface area contributed by atoms with E-state index in [2.05, 4.69) is 11.4 Å². The van der Waals surface area contributed by atoms with Crippen LogP contribution in [0.2, 0.25) is 0 Å². The van der Waals surface area contributed by atoms with Gasteiger partial charge in [-0.1, -0.05) is 30.3 Å². The summed E-state index contributed by atoms with van der Waals surface area (Å²) in [4.78, 5) is 10.4. The Morgan fingerprint density at radius 1 is 1.44 bits per heavy atom. The number of hydrogen-bond donors (Lipinski definition) is 2. The van der Waals surface area contributed by atoms with Crippen molar-refractivity contribution in [3.63, 3.8) is 0 Å². The molecule has 0 fully saturated rings. The zero-order valence-corrected chi connectivity index (χ0v) is 10.1. The first-order valence-corrected chi connectivity index (χ1v) is 5.75. The van der Waals surface area contributed by atoms with Gasteiger partial charge in [0.25, 0.3) is 0 Å². The fourth-order valence-electron chi connectivity index (χ4n) is 1.49. The van der Waals surface area contributed by atoms with Gasteiger partial charge in [-0.2, -0.15) is 5.26 Å².